The third kappa shape index (κ3) is 4.57. The summed E-state index contributed by atoms with van der Waals surface area (Å²) < 4.78 is 0. The van der Waals surface area contributed by atoms with Crippen molar-refractivity contribution in [2.45, 2.75) is 32.7 Å². The quantitative estimate of drug-likeness (QED) is 0.841. The Morgan fingerprint density at radius 1 is 1.22 bits per heavy atom. The summed E-state index contributed by atoms with van der Waals surface area (Å²) in [6.45, 7) is 2.58. The smallest absolute Gasteiger partial charge is 0.303 e. The third-order valence-electron chi connectivity index (χ3n) is 2.88. The molecular formula is C14H19NO3. The van der Waals surface area contributed by atoms with Gasteiger partial charge < -0.3 is 10.0 Å². The molecule has 0 aromatic heterocycles. The predicted molar refractivity (Wildman–Crippen MR) is 69.1 cm³/mol. The van der Waals surface area contributed by atoms with Crippen molar-refractivity contribution in [2.75, 3.05) is 7.05 Å². The monoisotopic (exact) mass is 249 g/mol. The van der Waals surface area contributed by atoms with Crippen LogP contribution in [0.15, 0.2) is 24.3 Å². The summed E-state index contributed by atoms with van der Waals surface area (Å²) in [5.74, 6) is -0.871. The summed E-state index contributed by atoms with van der Waals surface area (Å²) in [6, 6.07) is 7.92. The number of hydrogen-bond donors (Lipinski definition) is 1. The molecule has 0 atom stereocenters. The number of carboxylic acids is 1. The minimum absolute atomic E-state index is 0.0143. The Labute approximate surface area is 107 Å². The highest BCUT2D eigenvalue weighted by molar-refractivity contribution is 5.76. The average molecular weight is 249 g/mol. The van der Waals surface area contributed by atoms with Gasteiger partial charge in [0.25, 0.3) is 0 Å². The van der Waals surface area contributed by atoms with Gasteiger partial charge in [0, 0.05) is 26.4 Å². The van der Waals surface area contributed by atoms with Crippen molar-refractivity contribution < 1.29 is 14.7 Å². The lowest BCUT2D eigenvalue weighted by atomic mass is 10.1. The fraction of sp³-hybridized carbons (Fsp3) is 0.429. The van der Waals surface area contributed by atoms with E-state index >= 15 is 0 Å². The molecule has 1 N–H and O–H groups in total. The van der Waals surface area contributed by atoms with E-state index in [1.165, 1.54) is 0 Å². The normalized spacial score (nSPS) is 10.1. The Kier molecular flexibility index (Phi) is 5.36. The van der Waals surface area contributed by atoms with Crippen LogP contribution in [0.3, 0.4) is 0 Å². The Hall–Kier alpha value is -1.84. The average Bonchev–Trinajstić information content (AvgIpc) is 2.31. The Balaban J connectivity index is 2.45. The maximum atomic E-state index is 11.8. The number of carbonyl (C=O) groups is 2. The first kappa shape index (κ1) is 14.2. The van der Waals surface area contributed by atoms with E-state index < -0.39 is 5.97 Å². The Bertz CT molecular complexity index is 429. The van der Waals surface area contributed by atoms with Crippen LogP contribution in [0.2, 0.25) is 0 Å². The zero-order chi connectivity index (χ0) is 13.5. The van der Waals surface area contributed by atoms with Crippen LogP contribution in [0.25, 0.3) is 0 Å². The standard InChI is InChI=1S/C14H19NO3/c1-11-6-3-4-7-12(11)10-15(2)13(16)8-5-9-14(17)18/h3-4,6-7H,5,8-10H2,1-2H3,(H,17,18). The van der Waals surface area contributed by atoms with Gasteiger partial charge in [-0.1, -0.05) is 24.3 Å². The van der Waals surface area contributed by atoms with Crippen LogP contribution in [-0.4, -0.2) is 28.9 Å². The van der Waals surface area contributed by atoms with Crippen molar-refractivity contribution >= 4 is 11.9 Å². The SMILES string of the molecule is Cc1ccccc1CN(C)C(=O)CCCC(=O)O. The molecule has 0 unspecified atom stereocenters. The van der Waals surface area contributed by atoms with Crippen molar-refractivity contribution in [3.63, 3.8) is 0 Å². The molecule has 1 aromatic carbocycles. The molecule has 4 heteroatoms. The summed E-state index contributed by atoms with van der Waals surface area (Å²) in [6.07, 6.45) is 0.727. The van der Waals surface area contributed by atoms with Gasteiger partial charge >= 0.3 is 5.97 Å². The van der Waals surface area contributed by atoms with Gasteiger partial charge in [-0.2, -0.15) is 0 Å². The summed E-state index contributed by atoms with van der Waals surface area (Å²) in [7, 11) is 1.75. The Morgan fingerprint density at radius 3 is 2.50 bits per heavy atom. The molecule has 18 heavy (non-hydrogen) atoms. The molecule has 0 bridgehead atoms. The van der Waals surface area contributed by atoms with Crippen molar-refractivity contribution in [1.29, 1.82) is 0 Å². The van der Waals surface area contributed by atoms with E-state index in [1.54, 1.807) is 11.9 Å². The van der Waals surface area contributed by atoms with Crippen LogP contribution >= 0.6 is 0 Å². The van der Waals surface area contributed by atoms with Crippen LogP contribution in [0.5, 0.6) is 0 Å². The number of aryl methyl sites for hydroxylation is 1. The number of amides is 1. The van der Waals surface area contributed by atoms with E-state index in [2.05, 4.69) is 0 Å². The maximum Gasteiger partial charge on any atom is 0.303 e. The van der Waals surface area contributed by atoms with Crippen LogP contribution < -0.4 is 0 Å². The number of rotatable bonds is 6. The van der Waals surface area contributed by atoms with Gasteiger partial charge in [0.2, 0.25) is 5.91 Å². The second-order valence-corrected chi connectivity index (χ2v) is 4.42. The summed E-state index contributed by atoms with van der Waals surface area (Å²) in [5, 5.41) is 8.51. The highest BCUT2D eigenvalue weighted by Crippen LogP contribution is 2.10. The highest BCUT2D eigenvalue weighted by atomic mass is 16.4. The molecule has 1 rings (SSSR count). The number of carbonyl (C=O) groups excluding carboxylic acids is 1. The maximum absolute atomic E-state index is 11.8. The van der Waals surface area contributed by atoms with Crippen LogP contribution in [-0.2, 0) is 16.1 Å². The molecular weight excluding hydrogens is 230 g/mol. The lowest BCUT2D eigenvalue weighted by Gasteiger charge is -2.18. The highest BCUT2D eigenvalue weighted by Gasteiger charge is 2.10. The van der Waals surface area contributed by atoms with Gasteiger partial charge in [0.1, 0.15) is 0 Å². The van der Waals surface area contributed by atoms with Crippen molar-refractivity contribution in [3.8, 4) is 0 Å². The number of aliphatic carboxylic acids is 1. The number of carboxylic acid groups (broad SMARTS) is 1. The van der Waals surface area contributed by atoms with E-state index in [9.17, 15) is 9.59 Å². The minimum atomic E-state index is -0.857. The van der Waals surface area contributed by atoms with Crippen LogP contribution in [0.4, 0.5) is 0 Å². The summed E-state index contributed by atoms with van der Waals surface area (Å²) in [5.41, 5.74) is 2.27. The van der Waals surface area contributed by atoms with Gasteiger partial charge in [0.15, 0.2) is 0 Å². The van der Waals surface area contributed by atoms with Gasteiger partial charge in [-0.3, -0.25) is 9.59 Å². The zero-order valence-corrected chi connectivity index (χ0v) is 10.8. The van der Waals surface area contributed by atoms with E-state index in [0.717, 1.165) is 11.1 Å². The van der Waals surface area contributed by atoms with E-state index in [4.69, 9.17) is 5.11 Å². The van der Waals surface area contributed by atoms with Crippen molar-refractivity contribution in [1.82, 2.24) is 4.90 Å². The van der Waals surface area contributed by atoms with Crippen LogP contribution in [0.1, 0.15) is 30.4 Å². The third-order valence-corrected chi connectivity index (χ3v) is 2.88. The molecule has 0 saturated carbocycles. The molecule has 0 aliphatic rings. The molecule has 0 aliphatic heterocycles. The number of hydrogen-bond acceptors (Lipinski definition) is 2. The lowest BCUT2D eigenvalue weighted by Crippen LogP contribution is -2.26. The minimum Gasteiger partial charge on any atom is -0.481 e. The predicted octanol–water partition coefficient (Wildman–Crippen LogP) is 2.21. The first-order valence-corrected chi connectivity index (χ1v) is 6.01. The number of benzene rings is 1. The van der Waals surface area contributed by atoms with Gasteiger partial charge in [-0.05, 0) is 24.5 Å². The first-order chi connectivity index (χ1) is 8.50. The van der Waals surface area contributed by atoms with E-state index in [0.29, 0.717) is 13.0 Å². The molecule has 98 valence electrons. The lowest BCUT2D eigenvalue weighted by molar-refractivity contribution is -0.137. The van der Waals surface area contributed by atoms with Gasteiger partial charge in [-0.25, -0.2) is 0 Å². The number of nitrogens with zero attached hydrogens (tertiary/aromatic N) is 1. The fourth-order valence-electron chi connectivity index (χ4n) is 1.71. The van der Waals surface area contributed by atoms with Gasteiger partial charge in [-0.15, -0.1) is 0 Å². The zero-order valence-electron chi connectivity index (χ0n) is 10.8. The Morgan fingerprint density at radius 2 is 1.89 bits per heavy atom. The van der Waals surface area contributed by atoms with Crippen molar-refractivity contribution in [3.05, 3.63) is 35.4 Å². The molecule has 1 amide bonds. The largest absolute Gasteiger partial charge is 0.481 e. The molecule has 0 fully saturated rings. The first-order valence-electron chi connectivity index (χ1n) is 6.01. The van der Waals surface area contributed by atoms with Gasteiger partial charge in [0.05, 0.1) is 0 Å². The topological polar surface area (TPSA) is 57.6 Å². The van der Waals surface area contributed by atoms with Crippen LogP contribution in [0, 0.1) is 6.92 Å². The van der Waals surface area contributed by atoms with E-state index in [1.807, 2.05) is 31.2 Å². The molecule has 0 saturated heterocycles. The summed E-state index contributed by atoms with van der Waals surface area (Å²) >= 11 is 0. The molecule has 1 aromatic rings. The molecule has 4 nitrogen and oxygen atoms in total. The second kappa shape index (κ2) is 6.79. The van der Waals surface area contributed by atoms with Crippen molar-refractivity contribution in [2.24, 2.45) is 0 Å². The molecule has 0 spiro atoms. The fourth-order valence-corrected chi connectivity index (χ4v) is 1.71. The summed E-state index contributed by atoms with van der Waals surface area (Å²) in [4.78, 5) is 23.8. The molecule has 0 heterocycles. The molecule has 0 aliphatic carbocycles. The second-order valence-electron chi connectivity index (χ2n) is 4.42. The molecule has 0 radical (unpaired) electrons. The van der Waals surface area contributed by atoms with E-state index in [-0.39, 0.29) is 18.7 Å².